The van der Waals surface area contributed by atoms with Crippen LogP contribution in [-0.2, 0) is 10.0 Å². The molecule has 5 nitrogen and oxygen atoms in total. The molecule has 82 valence electrons. The maximum atomic E-state index is 11.0. The molecule has 0 aliphatic carbocycles. The number of hydrogen-bond acceptors (Lipinski definition) is 4. The van der Waals surface area contributed by atoms with Crippen molar-refractivity contribution < 1.29 is 18.3 Å². The zero-order chi connectivity index (χ0) is 11.8. The minimum atomic E-state index is -4.06. The largest absolute Gasteiger partial charge is 0.507 e. The van der Waals surface area contributed by atoms with E-state index in [4.69, 9.17) is 28.3 Å². The summed E-state index contributed by atoms with van der Waals surface area (Å²) >= 11 is 10.6. The van der Waals surface area contributed by atoms with Gasteiger partial charge < -0.3 is 5.11 Å². The van der Waals surface area contributed by atoms with Crippen molar-refractivity contribution in [3.05, 3.63) is 22.7 Å². The van der Waals surface area contributed by atoms with E-state index >= 15 is 0 Å². The van der Waals surface area contributed by atoms with Gasteiger partial charge in [-0.05, 0) is 17.7 Å². The van der Waals surface area contributed by atoms with Crippen molar-refractivity contribution in [1.29, 1.82) is 0 Å². The zero-order valence-corrected chi connectivity index (χ0v) is 9.40. The molecule has 0 unspecified atom stereocenters. The van der Waals surface area contributed by atoms with Crippen LogP contribution in [0.4, 0.5) is 0 Å². The van der Waals surface area contributed by atoms with Crippen LogP contribution in [-0.4, -0.2) is 18.8 Å². The second-order valence-corrected chi connectivity index (χ2v) is 4.90. The van der Waals surface area contributed by atoms with Crippen molar-refractivity contribution in [2.45, 2.75) is 4.90 Å². The number of primary sulfonamides is 1. The highest BCUT2D eigenvalue weighted by molar-refractivity contribution is 7.89. The minimum absolute atomic E-state index is 0.281. The predicted octanol–water partition coefficient (Wildman–Crippen LogP) is 1.07. The summed E-state index contributed by atoms with van der Waals surface area (Å²) in [5, 5.41) is 12.8. The summed E-state index contributed by atoms with van der Waals surface area (Å²) in [6.07, 6.45) is 0. The number of phenolic OH excluding ortho intramolecular Hbond substituents is 1. The van der Waals surface area contributed by atoms with Crippen LogP contribution in [0.2, 0.25) is 5.02 Å². The molecule has 0 saturated carbocycles. The molecule has 8 heteroatoms. The topological polar surface area (TPSA) is 97.5 Å². The SMILES string of the molecule is NS(=O)(=O)c1cc(C(=O)Cl)c(O)cc1Cl. The van der Waals surface area contributed by atoms with Gasteiger partial charge in [-0.25, -0.2) is 13.6 Å². The van der Waals surface area contributed by atoms with Crippen LogP contribution < -0.4 is 5.14 Å². The van der Waals surface area contributed by atoms with Gasteiger partial charge in [0, 0.05) is 6.07 Å². The lowest BCUT2D eigenvalue weighted by molar-refractivity contribution is 0.107. The number of aromatic hydroxyl groups is 1. The summed E-state index contributed by atoms with van der Waals surface area (Å²) in [4.78, 5) is 10.3. The molecule has 1 rings (SSSR count). The standard InChI is InChI=1S/C7H5Cl2NO4S/c8-4-2-5(11)3(7(9)12)1-6(4)15(10,13)14/h1-2,11H,(H2,10,13,14). The lowest BCUT2D eigenvalue weighted by Gasteiger charge is -2.05. The van der Waals surface area contributed by atoms with Gasteiger partial charge in [0.05, 0.1) is 10.6 Å². The number of sulfonamides is 1. The lowest BCUT2D eigenvalue weighted by atomic mass is 10.2. The predicted molar refractivity (Wildman–Crippen MR) is 54.7 cm³/mol. The average Bonchev–Trinajstić information content (AvgIpc) is 2.00. The molecule has 0 aliphatic rings. The van der Waals surface area contributed by atoms with E-state index in [9.17, 15) is 18.3 Å². The first-order chi connectivity index (χ1) is 6.73. The van der Waals surface area contributed by atoms with Crippen LogP contribution in [0.1, 0.15) is 10.4 Å². The first kappa shape index (κ1) is 12.3. The van der Waals surface area contributed by atoms with Crippen LogP contribution in [0.3, 0.4) is 0 Å². The van der Waals surface area contributed by atoms with E-state index in [1.54, 1.807) is 0 Å². The van der Waals surface area contributed by atoms with Crippen LogP contribution in [0.15, 0.2) is 17.0 Å². The van der Waals surface area contributed by atoms with Crippen LogP contribution >= 0.6 is 23.2 Å². The third kappa shape index (κ3) is 2.60. The van der Waals surface area contributed by atoms with E-state index < -0.39 is 25.9 Å². The average molecular weight is 270 g/mol. The molecular formula is C7H5Cl2NO4S. The molecule has 0 atom stereocenters. The van der Waals surface area contributed by atoms with Crippen molar-refractivity contribution in [2.24, 2.45) is 5.14 Å². The number of carbonyl (C=O) groups is 1. The Bertz CT molecular complexity index is 526. The van der Waals surface area contributed by atoms with Crippen molar-refractivity contribution >= 4 is 38.5 Å². The van der Waals surface area contributed by atoms with Crippen molar-refractivity contribution in [3.8, 4) is 5.75 Å². The fraction of sp³-hybridized carbons (Fsp3) is 0. The smallest absolute Gasteiger partial charge is 0.256 e. The Kier molecular flexibility index (Phi) is 3.25. The van der Waals surface area contributed by atoms with Gasteiger partial charge in [0.25, 0.3) is 5.24 Å². The molecule has 0 aliphatic heterocycles. The van der Waals surface area contributed by atoms with E-state index in [-0.39, 0.29) is 10.6 Å². The third-order valence-electron chi connectivity index (χ3n) is 1.57. The number of halogens is 2. The second kappa shape index (κ2) is 3.97. The van der Waals surface area contributed by atoms with E-state index in [0.717, 1.165) is 12.1 Å². The molecule has 0 spiro atoms. The van der Waals surface area contributed by atoms with Gasteiger partial charge in [0.2, 0.25) is 10.0 Å². The van der Waals surface area contributed by atoms with Gasteiger partial charge in [-0.1, -0.05) is 11.6 Å². The number of nitrogens with two attached hydrogens (primary N) is 1. The number of phenols is 1. The first-order valence-corrected chi connectivity index (χ1v) is 5.79. The third-order valence-corrected chi connectivity index (χ3v) is 3.15. The molecule has 3 N–H and O–H groups in total. The molecule has 15 heavy (non-hydrogen) atoms. The Morgan fingerprint density at radius 3 is 2.33 bits per heavy atom. The maximum absolute atomic E-state index is 11.0. The Labute approximate surface area is 95.5 Å². The van der Waals surface area contributed by atoms with E-state index in [2.05, 4.69) is 0 Å². The highest BCUT2D eigenvalue weighted by Gasteiger charge is 2.19. The molecule has 1 aromatic rings. The summed E-state index contributed by atoms with van der Waals surface area (Å²) in [5.41, 5.74) is -0.370. The highest BCUT2D eigenvalue weighted by atomic mass is 35.5. The normalized spacial score (nSPS) is 11.4. The molecular weight excluding hydrogens is 265 g/mol. The Hall–Kier alpha value is -0.820. The van der Waals surface area contributed by atoms with Gasteiger partial charge in [0.15, 0.2) is 0 Å². The summed E-state index contributed by atoms with van der Waals surface area (Å²) in [7, 11) is -4.06. The fourth-order valence-corrected chi connectivity index (χ4v) is 2.16. The second-order valence-electron chi connectivity index (χ2n) is 2.62. The molecule has 0 amide bonds. The number of benzene rings is 1. The van der Waals surface area contributed by atoms with Gasteiger partial charge in [-0.15, -0.1) is 0 Å². The zero-order valence-electron chi connectivity index (χ0n) is 7.07. The van der Waals surface area contributed by atoms with Crippen LogP contribution in [0, 0.1) is 0 Å². The van der Waals surface area contributed by atoms with Gasteiger partial charge in [-0.2, -0.15) is 0 Å². The summed E-state index contributed by atoms with van der Waals surface area (Å²) in [6, 6.07) is 1.71. The molecule has 0 bridgehead atoms. The molecule has 0 fully saturated rings. The van der Waals surface area contributed by atoms with Gasteiger partial charge in [0.1, 0.15) is 10.6 Å². The molecule has 1 aromatic carbocycles. The number of hydrogen-bond donors (Lipinski definition) is 2. The molecule has 0 radical (unpaired) electrons. The fourth-order valence-electron chi connectivity index (χ4n) is 0.918. The minimum Gasteiger partial charge on any atom is -0.507 e. The molecule has 0 heterocycles. The van der Waals surface area contributed by atoms with Gasteiger partial charge in [-0.3, -0.25) is 4.79 Å². The Morgan fingerprint density at radius 2 is 1.93 bits per heavy atom. The molecule has 0 aromatic heterocycles. The van der Waals surface area contributed by atoms with Crippen LogP contribution in [0.5, 0.6) is 5.75 Å². The van der Waals surface area contributed by atoms with Crippen molar-refractivity contribution in [2.75, 3.05) is 0 Å². The van der Waals surface area contributed by atoms with Gasteiger partial charge >= 0.3 is 0 Å². The first-order valence-electron chi connectivity index (χ1n) is 3.48. The monoisotopic (exact) mass is 269 g/mol. The van der Waals surface area contributed by atoms with E-state index in [1.807, 2.05) is 0 Å². The van der Waals surface area contributed by atoms with Crippen molar-refractivity contribution in [3.63, 3.8) is 0 Å². The van der Waals surface area contributed by atoms with Crippen molar-refractivity contribution in [1.82, 2.24) is 0 Å². The quantitative estimate of drug-likeness (QED) is 0.785. The number of carbonyl (C=O) groups excluding carboxylic acids is 1. The maximum Gasteiger partial charge on any atom is 0.256 e. The summed E-state index contributed by atoms with van der Waals surface area (Å²) in [5.74, 6) is -0.507. The molecule has 0 saturated heterocycles. The van der Waals surface area contributed by atoms with Crippen LogP contribution in [0.25, 0.3) is 0 Å². The highest BCUT2D eigenvalue weighted by Crippen LogP contribution is 2.29. The Balaban J connectivity index is 3.58. The summed E-state index contributed by atoms with van der Waals surface area (Å²) < 4.78 is 22.0. The van der Waals surface area contributed by atoms with E-state index in [0.29, 0.717) is 0 Å². The summed E-state index contributed by atoms with van der Waals surface area (Å²) in [6.45, 7) is 0. The Morgan fingerprint density at radius 1 is 1.40 bits per heavy atom. The van der Waals surface area contributed by atoms with E-state index in [1.165, 1.54) is 0 Å². The number of rotatable bonds is 2. The lowest BCUT2D eigenvalue weighted by Crippen LogP contribution is -2.13.